The van der Waals surface area contributed by atoms with Gasteiger partial charge < -0.3 is 14.0 Å². The van der Waals surface area contributed by atoms with E-state index in [0.29, 0.717) is 16.8 Å². The highest BCUT2D eigenvalue weighted by Gasteiger charge is 2.24. The monoisotopic (exact) mass is 448 g/mol. The van der Waals surface area contributed by atoms with Crippen molar-refractivity contribution in [3.05, 3.63) is 75.8 Å². The Morgan fingerprint density at radius 3 is 2.70 bits per heavy atom. The molecule has 1 aliphatic rings. The molecule has 174 valence electrons. The molecule has 6 heteroatoms. The molecule has 33 heavy (non-hydrogen) atoms. The molecule has 0 bridgehead atoms. The van der Waals surface area contributed by atoms with Crippen molar-refractivity contribution < 1.29 is 14.0 Å². The van der Waals surface area contributed by atoms with E-state index in [1.807, 2.05) is 37.3 Å². The van der Waals surface area contributed by atoms with E-state index in [1.165, 1.54) is 5.56 Å². The van der Waals surface area contributed by atoms with Crippen LogP contribution in [0, 0.1) is 0 Å². The first-order valence-corrected chi connectivity index (χ1v) is 11.6. The van der Waals surface area contributed by atoms with Gasteiger partial charge in [0.05, 0.1) is 18.4 Å². The maximum atomic E-state index is 12.7. The third kappa shape index (κ3) is 5.22. The van der Waals surface area contributed by atoms with Crippen molar-refractivity contribution in [2.75, 3.05) is 25.7 Å². The van der Waals surface area contributed by atoms with Crippen molar-refractivity contribution >= 4 is 22.2 Å². The van der Waals surface area contributed by atoms with Crippen molar-refractivity contribution in [1.82, 2.24) is 4.90 Å². The number of methoxy groups -OCH3 is 1. The number of rotatable bonds is 10. The molecule has 0 fully saturated rings. The van der Waals surface area contributed by atoms with Crippen LogP contribution in [0.25, 0.3) is 16.5 Å². The van der Waals surface area contributed by atoms with Crippen molar-refractivity contribution in [2.45, 2.75) is 46.1 Å². The van der Waals surface area contributed by atoms with Gasteiger partial charge in [0, 0.05) is 23.9 Å². The second-order valence-corrected chi connectivity index (χ2v) is 8.47. The van der Waals surface area contributed by atoms with E-state index in [9.17, 15) is 4.79 Å². The van der Waals surface area contributed by atoms with Crippen LogP contribution in [-0.4, -0.2) is 25.1 Å². The summed E-state index contributed by atoms with van der Waals surface area (Å²) in [5, 5.41) is 0.842. The largest absolute Gasteiger partial charge is 0.497 e. The number of unbranched alkanes of at least 4 members (excludes halogenated alkanes) is 1. The molecule has 1 aromatic heterocycles. The summed E-state index contributed by atoms with van der Waals surface area (Å²) in [4.78, 5) is 21.1. The predicted molar refractivity (Wildman–Crippen MR) is 132 cm³/mol. The zero-order chi connectivity index (χ0) is 23.2. The first-order chi connectivity index (χ1) is 16.1. The Bertz CT molecular complexity index is 1200. The number of anilines is 1. The number of benzene rings is 2. The Balaban J connectivity index is 1.46. The number of allylic oxidation sites excluding steroid dienone is 2. The number of nitrogens with one attached hydrogen (secondary N) is 1. The van der Waals surface area contributed by atoms with Crippen LogP contribution >= 0.6 is 0 Å². The molecule has 3 aromatic rings. The molecule has 2 aromatic carbocycles. The summed E-state index contributed by atoms with van der Waals surface area (Å²) in [7, 11) is 1.70. The SMILES string of the molecule is CCCCN(CCCC1=C(C)c2c(c3ccccc3oc2=O)NO1)Cc1cccc(OC)c1. The zero-order valence-corrected chi connectivity index (χ0v) is 19.6. The fraction of sp³-hybridized carbons (Fsp3) is 0.370. The Kier molecular flexibility index (Phi) is 7.35. The number of hydrogen-bond acceptors (Lipinski definition) is 6. The van der Waals surface area contributed by atoms with Crippen LogP contribution in [0.3, 0.4) is 0 Å². The van der Waals surface area contributed by atoms with E-state index >= 15 is 0 Å². The van der Waals surface area contributed by atoms with E-state index < -0.39 is 0 Å². The van der Waals surface area contributed by atoms with Gasteiger partial charge in [0.1, 0.15) is 17.1 Å². The summed E-state index contributed by atoms with van der Waals surface area (Å²) in [5.41, 5.74) is 6.56. The van der Waals surface area contributed by atoms with E-state index in [2.05, 4.69) is 29.4 Å². The Labute approximate surface area is 194 Å². The molecular formula is C27H32N2O4. The van der Waals surface area contributed by atoms with Crippen molar-refractivity contribution in [2.24, 2.45) is 0 Å². The normalized spacial score (nSPS) is 13.1. The first kappa shape index (κ1) is 22.9. The second kappa shape index (κ2) is 10.6. The van der Waals surface area contributed by atoms with Gasteiger partial charge in [0.25, 0.3) is 0 Å². The summed E-state index contributed by atoms with van der Waals surface area (Å²) >= 11 is 0. The Morgan fingerprint density at radius 2 is 1.88 bits per heavy atom. The van der Waals surface area contributed by atoms with Crippen LogP contribution in [-0.2, 0) is 11.4 Å². The van der Waals surface area contributed by atoms with Crippen molar-refractivity contribution in [3.8, 4) is 5.75 Å². The van der Waals surface area contributed by atoms with Gasteiger partial charge in [-0.25, -0.2) is 10.3 Å². The van der Waals surface area contributed by atoms with E-state index in [-0.39, 0.29) is 5.63 Å². The van der Waals surface area contributed by atoms with Gasteiger partial charge in [-0.2, -0.15) is 0 Å². The van der Waals surface area contributed by atoms with E-state index in [0.717, 1.165) is 67.8 Å². The number of para-hydroxylation sites is 1. The summed E-state index contributed by atoms with van der Waals surface area (Å²) in [6.45, 7) is 7.02. The minimum Gasteiger partial charge on any atom is -0.497 e. The summed E-state index contributed by atoms with van der Waals surface area (Å²) in [6.07, 6.45) is 3.99. The molecule has 0 saturated carbocycles. The highest BCUT2D eigenvalue weighted by Crippen LogP contribution is 2.35. The zero-order valence-electron chi connectivity index (χ0n) is 19.6. The van der Waals surface area contributed by atoms with Gasteiger partial charge in [0.2, 0.25) is 0 Å². The van der Waals surface area contributed by atoms with Crippen LogP contribution in [0.15, 0.2) is 63.5 Å². The summed E-state index contributed by atoms with van der Waals surface area (Å²) in [5.74, 6) is 1.68. The molecule has 0 radical (unpaired) electrons. The predicted octanol–water partition coefficient (Wildman–Crippen LogP) is 5.97. The average Bonchev–Trinajstić information content (AvgIpc) is 2.83. The van der Waals surface area contributed by atoms with Gasteiger partial charge in [-0.3, -0.25) is 4.90 Å². The molecule has 0 spiro atoms. The van der Waals surface area contributed by atoms with E-state index in [1.54, 1.807) is 13.2 Å². The minimum atomic E-state index is -0.336. The fourth-order valence-electron chi connectivity index (χ4n) is 4.31. The van der Waals surface area contributed by atoms with Crippen LogP contribution in [0.4, 0.5) is 5.69 Å². The average molecular weight is 449 g/mol. The molecule has 0 aliphatic carbocycles. The lowest BCUT2D eigenvalue weighted by Crippen LogP contribution is -2.26. The van der Waals surface area contributed by atoms with Crippen LogP contribution < -0.4 is 15.8 Å². The Morgan fingerprint density at radius 1 is 1.06 bits per heavy atom. The topological polar surface area (TPSA) is 63.9 Å². The number of ether oxygens (including phenoxy) is 1. The highest BCUT2D eigenvalue weighted by molar-refractivity contribution is 5.96. The molecular weight excluding hydrogens is 416 g/mol. The maximum Gasteiger partial charge on any atom is 0.346 e. The standard InChI is InChI=1S/C27H32N2O4/c1-4-5-15-29(18-20-10-8-11-21(17-20)31-3)16-9-14-23-19(2)25-26(28-33-23)22-12-6-7-13-24(22)32-27(25)30/h6-8,10-13,17,28H,4-5,9,14-16,18H2,1-3H3. The summed E-state index contributed by atoms with van der Waals surface area (Å²) < 4.78 is 10.9. The van der Waals surface area contributed by atoms with Gasteiger partial charge in [-0.15, -0.1) is 0 Å². The molecule has 1 N–H and O–H groups in total. The lowest BCUT2D eigenvalue weighted by Gasteiger charge is -2.25. The highest BCUT2D eigenvalue weighted by atomic mass is 16.6. The van der Waals surface area contributed by atoms with Crippen LogP contribution in [0.1, 0.15) is 50.7 Å². The summed E-state index contributed by atoms with van der Waals surface area (Å²) in [6, 6.07) is 15.7. The van der Waals surface area contributed by atoms with Crippen LogP contribution in [0.2, 0.25) is 0 Å². The molecule has 0 atom stereocenters. The van der Waals surface area contributed by atoms with Gasteiger partial charge in [-0.1, -0.05) is 37.6 Å². The number of hydrogen-bond donors (Lipinski definition) is 1. The molecule has 0 amide bonds. The minimum absolute atomic E-state index is 0.336. The number of fused-ring (bicyclic) bond motifs is 3. The third-order valence-electron chi connectivity index (χ3n) is 6.13. The molecule has 1 aliphatic heterocycles. The first-order valence-electron chi connectivity index (χ1n) is 11.6. The fourth-order valence-corrected chi connectivity index (χ4v) is 4.31. The van der Waals surface area contributed by atoms with Gasteiger partial charge in [-0.05, 0) is 62.7 Å². The quantitative estimate of drug-likeness (QED) is 0.385. The van der Waals surface area contributed by atoms with Crippen molar-refractivity contribution in [3.63, 3.8) is 0 Å². The van der Waals surface area contributed by atoms with E-state index in [4.69, 9.17) is 14.0 Å². The van der Waals surface area contributed by atoms with Crippen molar-refractivity contribution in [1.29, 1.82) is 0 Å². The Hall–Kier alpha value is -3.25. The van der Waals surface area contributed by atoms with Crippen LogP contribution in [0.5, 0.6) is 5.75 Å². The van der Waals surface area contributed by atoms with Gasteiger partial charge in [0.15, 0.2) is 0 Å². The number of nitrogens with zero attached hydrogens (tertiary/aromatic N) is 1. The maximum absolute atomic E-state index is 12.7. The molecule has 6 nitrogen and oxygen atoms in total. The lowest BCUT2D eigenvalue weighted by atomic mass is 10.0. The second-order valence-electron chi connectivity index (χ2n) is 8.47. The smallest absolute Gasteiger partial charge is 0.346 e. The molecule has 2 heterocycles. The van der Waals surface area contributed by atoms with Gasteiger partial charge >= 0.3 is 5.63 Å². The lowest BCUT2D eigenvalue weighted by molar-refractivity contribution is 0.235. The molecule has 0 saturated heterocycles. The molecule has 0 unspecified atom stereocenters. The molecule has 4 rings (SSSR count). The third-order valence-corrected chi connectivity index (χ3v) is 6.13.